The normalized spacial score (nSPS) is 11.7. The van der Waals surface area contributed by atoms with Gasteiger partial charge in [-0.25, -0.2) is 4.79 Å². The number of rotatable bonds is 33. The van der Waals surface area contributed by atoms with Gasteiger partial charge in [0.05, 0.1) is 139 Å². The molecule has 1 amide bonds. The van der Waals surface area contributed by atoms with Crippen LogP contribution in [-0.2, 0) is 56.8 Å². The molecule has 0 radical (unpaired) electrons. The van der Waals surface area contributed by atoms with Gasteiger partial charge in [0, 0.05) is 20.7 Å². The van der Waals surface area contributed by atoms with Crippen LogP contribution in [0.15, 0.2) is 0 Å². The third-order valence-electron chi connectivity index (χ3n) is 5.06. The van der Waals surface area contributed by atoms with E-state index in [1.807, 2.05) is 20.8 Å². The maximum absolute atomic E-state index is 11.8. The summed E-state index contributed by atoms with van der Waals surface area (Å²) in [6.07, 6.45) is -0.363. The van der Waals surface area contributed by atoms with Crippen molar-refractivity contribution in [1.29, 1.82) is 0 Å². The largest absolute Gasteiger partial charge is 0.444 e. The second kappa shape index (κ2) is 32.2. The van der Waals surface area contributed by atoms with Crippen molar-refractivity contribution in [3.63, 3.8) is 0 Å². The molecule has 0 aliphatic rings. The van der Waals surface area contributed by atoms with Gasteiger partial charge in [-0.3, -0.25) is 0 Å². The fraction of sp³-hybridized carbons (Fsp3) is 0.966. The summed E-state index contributed by atoms with van der Waals surface area (Å²) in [5.74, 6) is 0. The zero-order valence-electron chi connectivity index (χ0n) is 27.3. The van der Waals surface area contributed by atoms with Crippen molar-refractivity contribution in [2.45, 2.75) is 26.4 Å². The Bertz CT molecular complexity index is 581. The van der Waals surface area contributed by atoms with Crippen LogP contribution < -0.4 is 0 Å². The molecule has 14 heteroatoms. The van der Waals surface area contributed by atoms with Gasteiger partial charge in [-0.2, -0.15) is 0 Å². The van der Waals surface area contributed by atoms with Gasteiger partial charge in [0.25, 0.3) is 0 Å². The Morgan fingerprint density at radius 2 is 0.674 bits per heavy atom. The summed E-state index contributed by atoms with van der Waals surface area (Å²) in [7, 11) is 3.32. The predicted molar refractivity (Wildman–Crippen MR) is 159 cm³/mol. The van der Waals surface area contributed by atoms with E-state index in [0.717, 1.165) is 0 Å². The molecule has 0 aromatic carbocycles. The molecule has 0 bridgehead atoms. The highest BCUT2D eigenvalue weighted by Gasteiger charge is 2.19. The quantitative estimate of drug-likeness (QED) is 0.0977. The monoisotopic (exact) mass is 629 g/mol. The van der Waals surface area contributed by atoms with Crippen molar-refractivity contribution < 1.29 is 61.6 Å². The van der Waals surface area contributed by atoms with Crippen LogP contribution in [0.4, 0.5) is 4.79 Å². The fourth-order valence-corrected chi connectivity index (χ4v) is 2.86. The van der Waals surface area contributed by atoms with E-state index in [1.165, 1.54) is 4.90 Å². The molecule has 0 atom stereocenters. The first kappa shape index (κ1) is 41.8. The van der Waals surface area contributed by atoms with Crippen LogP contribution in [0.3, 0.4) is 0 Å². The molecule has 43 heavy (non-hydrogen) atoms. The highest BCUT2D eigenvalue weighted by atomic mass is 16.6. The summed E-state index contributed by atoms with van der Waals surface area (Å²) >= 11 is 0. The zero-order chi connectivity index (χ0) is 31.7. The Balaban J connectivity index is 3.14. The third kappa shape index (κ3) is 35.2. The number of hydrogen-bond donors (Lipinski definition) is 0. The Morgan fingerprint density at radius 1 is 0.442 bits per heavy atom. The number of carbonyl (C=O) groups is 1. The van der Waals surface area contributed by atoms with Gasteiger partial charge >= 0.3 is 6.09 Å². The lowest BCUT2D eigenvalue weighted by Gasteiger charge is -2.24. The van der Waals surface area contributed by atoms with Crippen LogP contribution in [0, 0.1) is 0 Å². The first-order valence-electron chi connectivity index (χ1n) is 15.1. The minimum absolute atomic E-state index is 0.363. The van der Waals surface area contributed by atoms with E-state index in [1.54, 1.807) is 14.2 Å². The number of methoxy groups -OCH3 is 1. The van der Waals surface area contributed by atoms with Crippen molar-refractivity contribution in [2.75, 3.05) is 159 Å². The fourth-order valence-electron chi connectivity index (χ4n) is 2.86. The van der Waals surface area contributed by atoms with Crippen LogP contribution >= 0.6 is 0 Å². The smallest absolute Gasteiger partial charge is 0.410 e. The summed E-state index contributed by atoms with van der Waals surface area (Å²) in [6.45, 7) is 16.6. The second-order valence-corrected chi connectivity index (χ2v) is 10.0. The molecule has 0 saturated heterocycles. The number of likely N-dealkylation sites (N-methyl/N-ethyl adjacent to an activating group) is 1. The summed E-state index contributed by atoms with van der Waals surface area (Å²) in [5.41, 5.74) is -0.508. The predicted octanol–water partition coefficient (Wildman–Crippen LogP) is 1.67. The van der Waals surface area contributed by atoms with Gasteiger partial charge in [0.15, 0.2) is 0 Å². The maximum atomic E-state index is 11.8. The standard InChI is InChI=1S/C29H59NO13/c1-29(2,3)43-28(31)30(4)6-7-33-10-11-35-14-15-37-18-19-39-22-23-41-26-27-42-25-24-40-21-20-38-17-16-36-13-12-34-9-8-32-5/h6-27H2,1-5H3. The molecular weight excluding hydrogens is 570 g/mol. The molecule has 0 unspecified atom stereocenters. The minimum Gasteiger partial charge on any atom is -0.444 e. The Kier molecular flexibility index (Phi) is 31.4. The Labute approximate surface area is 258 Å². The highest BCUT2D eigenvalue weighted by Crippen LogP contribution is 2.08. The third-order valence-corrected chi connectivity index (χ3v) is 5.06. The molecule has 0 aromatic rings. The first-order valence-corrected chi connectivity index (χ1v) is 15.1. The molecular formula is C29H59NO13. The second-order valence-electron chi connectivity index (χ2n) is 10.0. The zero-order valence-corrected chi connectivity index (χ0v) is 27.3. The SMILES string of the molecule is COCCOCCOCCOCCOCCOCCOCCOCCOCCOCCOCCN(C)C(=O)OC(C)(C)C. The molecule has 0 spiro atoms. The van der Waals surface area contributed by atoms with Crippen LogP contribution in [0.25, 0.3) is 0 Å². The molecule has 0 aliphatic carbocycles. The molecule has 258 valence electrons. The molecule has 0 aliphatic heterocycles. The molecule has 0 fully saturated rings. The van der Waals surface area contributed by atoms with Crippen LogP contribution in [0.1, 0.15) is 20.8 Å². The Morgan fingerprint density at radius 3 is 0.907 bits per heavy atom. The first-order chi connectivity index (χ1) is 20.9. The number of nitrogens with zero attached hydrogens (tertiary/aromatic N) is 1. The van der Waals surface area contributed by atoms with Gasteiger partial charge in [0.1, 0.15) is 5.60 Å². The highest BCUT2D eigenvalue weighted by molar-refractivity contribution is 5.67. The average Bonchev–Trinajstić information content (AvgIpc) is 2.96. The molecule has 0 heterocycles. The van der Waals surface area contributed by atoms with Gasteiger partial charge in [-0.05, 0) is 20.8 Å². The summed E-state index contributed by atoms with van der Waals surface area (Å²) < 4.78 is 64.5. The topological polar surface area (TPSA) is 131 Å². The van der Waals surface area contributed by atoms with Crippen LogP contribution in [-0.4, -0.2) is 176 Å². The molecule has 0 rings (SSSR count). The van der Waals surface area contributed by atoms with Crippen LogP contribution in [0.2, 0.25) is 0 Å². The van der Waals surface area contributed by atoms with E-state index in [0.29, 0.717) is 145 Å². The molecule has 0 N–H and O–H groups in total. The van der Waals surface area contributed by atoms with Gasteiger partial charge in [-0.15, -0.1) is 0 Å². The number of hydrogen-bond acceptors (Lipinski definition) is 13. The average molecular weight is 630 g/mol. The van der Waals surface area contributed by atoms with E-state index in [9.17, 15) is 4.79 Å². The lowest BCUT2D eigenvalue weighted by molar-refractivity contribution is -0.0273. The number of amides is 1. The summed E-state index contributed by atoms with van der Waals surface area (Å²) in [4.78, 5) is 13.3. The van der Waals surface area contributed by atoms with Crippen molar-refractivity contribution in [1.82, 2.24) is 4.90 Å². The van der Waals surface area contributed by atoms with Crippen molar-refractivity contribution in [3.8, 4) is 0 Å². The lowest BCUT2D eigenvalue weighted by Crippen LogP contribution is -2.36. The van der Waals surface area contributed by atoms with E-state index in [4.69, 9.17) is 56.8 Å². The summed E-state index contributed by atoms with van der Waals surface area (Å²) in [6, 6.07) is 0. The molecule has 14 nitrogen and oxygen atoms in total. The van der Waals surface area contributed by atoms with E-state index in [2.05, 4.69) is 0 Å². The van der Waals surface area contributed by atoms with Crippen molar-refractivity contribution in [3.05, 3.63) is 0 Å². The van der Waals surface area contributed by atoms with Crippen molar-refractivity contribution in [2.24, 2.45) is 0 Å². The molecule has 0 aromatic heterocycles. The van der Waals surface area contributed by atoms with E-state index in [-0.39, 0.29) is 6.09 Å². The summed E-state index contributed by atoms with van der Waals surface area (Å²) in [5, 5.41) is 0. The number of ether oxygens (including phenoxy) is 12. The van der Waals surface area contributed by atoms with Gasteiger partial charge in [0.2, 0.25) is 0 Å². The van der Waals surface area contributed by atoms with Crippen molar-refractivity contribution >= 4 is 6.09 Å². The maximum Gasteiger partial charge on any atom is 0.410 e. The van der Waals surface area contributed by atoms with Crippen LogP contribution in [0.5, 0.6) is 0 Å². The van der Waals surface area contributed by atoms with E-state index >= 15 is 0 Å². The van der Waals surface area contributed by atoms with Gasteiger partial charge in [-0.1, -0.05) is 0 Å². The Hall–Kier alpha value is -1.17. The number of carbonyl (C=O) groups excluding carboxylic acids is 1. The molecule has 0 saturated carbocycles. The van der Waals surface area contributed by atoms with E-state index < -0.39 is 5.60 Å². The lowest BCUT2D eigenvalue weighted by atomic mass is 10.2. The van der Waals surface area contributed by atoms with Gasteiger partial charge < -0.3 is 61.7 Å². The minimum atomic E-state index is -0.508.